The van der Waals surface area contributed by atoms with Crippen LogP contribution >= 0.6 is 0 Å². The van der Waals surface area contributed by atoms with E-state index in [1.807, 2.05) is 6.92 Å². The van der Waals surface area contributed by atoms with E-state index in [4.69, 9.17) is 0 Å². The number of benzene rings is 1. The molecule has 0 amide bonds. The second-order valence-electron chi connectivity index (χ2n) is 5.20. The Labute approximate surface area is 113 Å². The van der Waals surface area contributed by atoms with Crippen molar-refractivity contribution in [1.29, 1.82) is 0 Å². The fourth-order valence-electron chi connectivity index (χ4n) is 2.72. The van der Waals surface area contributed by atoms with Crippen LogP contribution in [0.2, 0.25) is 0 Å². The van der Waals surface area contributed by atoms with Crippen LogP contribution in [0.15, 0.2) is 29.2 Å². The van der Waals surface area contributed by atoms with Gasteiger partial charge in [0.05, 0.1) is 16.2 Å². The first-order chi connectivity index (χ1) is 8.95. The van der Waals surface area contributed by atoms with Crippen LogP contribution in [0.1, 0.15) is 32.6 Å². The molecule has 1 fully saturated rings. The second-order valence-corrected chi connectivity index (χ2v) is 7.36. The van der Waals surface area contributed by atoms with Gasteiger partial charge in [-0.15, -0.1) is 0 Å². The van der Waals surface area contributed by atoms with E-state index >= 15 is 0 Å². The number of aliphatic hydroxyl groups excluding tert-OH is 1. The molecule has 1 aliphatic carbocycles. The van der Waals surface area contributed by atoms with Crippen LogP contribution in [0.25, 0.3) is 0 Å². The molecule has 3 unspecified atom stereocenters. The minimum Gasteiger partial charge on any atom is -0.392 e. The Balaban J connectivity index is 2.32. The van der Waals surface area contributed by atoms with Crippen molar-refractivity contribution < 1.29 is 17.9 Å². The van der Waals surface area contributed by atoms with Crippen molar-refractivity contribution in [2.24, 2.45) is 5.92 Å². The quantitative estimate of drug-likeness (QED) is 0.929. The van der Waals surface area contributed by atoms with Gasteiger partial charge in [0, 0.05) is 0 Å². The van der Waals surface area contributed by atoms with E-state index in [1.54, 1.807) is 0 Å². The van der Waals surface area contributed by atoms with Crippen LogP contribution in [0.5, 0.6) is 0 Å². The zero-order chi connectivity index (χ0) is 14.0. The molecule has 106 valence electrons. The molecule has 3 atom stereocenters. The van der Waals surface area contributed by atoms with Gasteiger partial charge >= 0.3 is 0 Å². The van der Waals surface area contributed by atoms with E-state index in [0.717, 1.165) is 18.9 Å². The molecule has 0 aromatic heterocycles. The number of halogens is 1. The molecule has 0 aliphatic heterocycles. The lowest BCUT2D eigenvalue weighted by atomic mass is 9.85. The number of aliphatic hydroxyl groups is 1. The number of sulfone groups is 1. The highest BCUT2D eigenvalue weighted by Crippen LogP contribution is 2.33. The molecule has 1 N–H and O–H groups in total. The van der Waals surface area contributed by atoms with Crippen molar-refractivity contribution in [3.05, 3.63) is 30.1 Å². The molecule has 19 heavy (non-hydrogen) atoms. The molecule has 0 heterocycles. The predicted molar refractivity (Wildman–Crippen MR) is 71.0 cm³/mol. The van der Waals surface area contributed by atoms with Crippen LogP contribution in [-0.4, -0.2) is 24.9 Å². The minimum absolute atomic E-state index is 0.0340. The van der Waals surface area contributed by atoms with Crippen LogP contribution < -0.4 is 0 Å². The van der Waals surface area contributed by atoms with Gasteiger partial charge in [-0.1, -0.05) is 19.4 Å². The molecule has 0 bridgehead atoms. The van der Waals surface area contributed by atoms with Crippen molar-refractivity contribution in [2.45, 2.75) is 48.9 Å². The van der Waals surface area contributed by atoms with Gasteiger partial charge in [-0.05, 0) is 43.4 Å². The lowest BCUT2D eigenvalue weighted by Gasteiger charge is -2.32. The molecule has 0 saturated heterocycles. The van der Waals surface area contributed by atoms with Gasteiger partial charge in [-0.3, -0.25) is 0 Å². The van der Waals surface area contributed by atoms with Crippen LogP contribution in [-0.2, 0) is 9.84 Å². The maximum atomic E-state index is 13.2. The van der Waals surface area contributed by atoms with E-state index in [1.165, 1.54) is 18.2 Å². The van der Waals surface area contributed by atoms with Gasteiger partial charge in [-0.2, -0.15) is 0 Å². The van der Waals surface area contributed by atoms with Gasteiger partial charge < -0.3 is 5.11 Å². The van der Waals surface area contributed by atoms with Crippen molar-refractivity contribution >= 4 is 9.84 Å². The highest BCUT2D eigenvalue weighted by molar-refractivity contribution is 7.92. The van der Waals surface area contributed by atoms with Crippen LogP contribution in [0.3, 0.4) is 0 Å². The predicted octanol–water partition coefficient (Wildman–Crippen LogP) is 2.54. The Morgan fingerprint density at radius 1 is 1.37 bits per heavy atom. The fourth-order valence-corrected chi connectivity index (χ4v) is 4.69. The van der Waals surface area contributed by atoms with Gasteiger partial charge in [0.2, 0.25) is 0 Å². The summed E-state index contributed by atoms with van der Waals surface area (Å²) in [6.07, 6.45) is 1.86. The van der Waals surface area contributed by atoms with Gasteiger partial charge in [0.25, 0.3) is 0 Å². The summed E-state index contributed by atoms with van der Waals surface area (Å²) in [7, 11) is -3.67. The molecule has 5 heteroatoms. The summed E-state index contributed by atoms with van der Waals surface area (Å²) < 4.78 is 38.1. The largest absolute Gasteiger partial charge is 0.392 e. The van der Waals surface area contributed by atoms with Crippen molar-refractivity contribution in [2.75, 3.05) is 0 Å². The van der Waals surface area contributed by atoms with Crippen molar-refractivity contribution in [1.82, 2.24) is 0 Å². The Morgan fingerprint density at radius 2 is 2.11 bits per heavy atom. The molecular formula is C14H19FO3S. The summed E-state index contributed by atoms with van der Waals surface area (Å²) >= 11 is 0. The summed E-state index contributed by atoms with van der Waals surface area (Å²) in [5.74, 6) is -0.254. The summed E-state index contributed by atoms with van der Waals surface area (Å²) in [5.41, 5.74) is 0. The van der Waals surface area contributed by atoms with Gasteiger partial charge in [-0.25, -0.2) is 12.8 Å². The fraction of sp³-hybridized carbons (Fsp3) is 0.571. The number of hydrogen-bond donors (Lipinski definition) is 1. The lowest BCUT2D eigenvalue weighted by molar-refractivity contribution is 0.111. The molecule has 0 radical (unpaired) electrons. The summed E-state index contributed by atoms with van der Waals surface area (Å²) in [6, 6.07) is 5.01. The van der Waals surface area contributed by atoms with Crippen molar-refractivity contribution in [3.63, 3.8) is 0 Å². The topological polar surface area (TPSA) is 54.4 Å². The van der Waals surface area contributed by atoms with E-state index in [0.29, 0.717) is 18.8 Å². The Hall–Kier alpha value is -0.940. The van der Waals surface area contributed by atoms with E-state index in [9.17, 15) is 17.9 Å². The zero-order valence-corrected chi connectivity index (χ0v) is 11.7. The standard InChI is InChI=1S/C14H19FO3S/c1-2-10-6-7-13(16)14(8-10)19(17,18)12-5-3-4-11(15)9-12/h3-5,9-10,13-14,16H,2,6-8H2,1H3. The maximum absolute atomic E-state index is 13.2. The highest BCUT2D eigenvalue weighted by atomic mass is 32.2. The van der Waals surface area contributed by atoms with Gasteiger partial charge in [0.15, 0.2) is 9.84 Å². The molecule has 1 aliphatic rings. The van der Waals surface area contributed by atoms with E-state index < -0.39 is 27.0 Å². The molecule has 1 aromatic carbocycles. The average molecular weight is 286 g/mol. The number of hydrogen-bond acceptors (Lipinski definition) is 3. The first-order valence-corrected chi connectivity index (χ1v) is 8.17. The Morgan fingerprint density at radius 3 is 2.74 bits per heavy atom. The first kappa shape index (κ1) is 14.5. The monoisotopic (exact) mass is 286 g/mol. The van der Waals surface area contributed by atoms with Crippen LogP contribution in [0, 0.1) is 11.7 Å². The van der Waals surface area contributed by atoms with Crippen molar-refractivity contribution in [3.8, 4) is 0 Å². The minimum atomic E-state index is -3.67. The summed E-state index contributed by atoms with van der Waals surface area (Å²) in [6.45, 7) is 2.02. The molecule has 2 rings (SSSR count). The smallest absolute Gasteiger partial charge is 0.183 e. The summed E-state index contributed by atoms with van der Waals surface area (Å²) in [5, 5.41) is 9.16. The molecule has 1 saturated carbocycles. The number of rotatable bonds is 3. The van der Waals surface area contributed by atoms with E-state index in [-0.39, 0.29) is 4.90 Å². The maximum Gasteiger partial charge on any atom is 0.183 e. The third-order valence-corrected chi connectivity index (χ3v) is 6.18. The first-order valence-electron chi connectivity index (χ1n) is 6.62. The molecule has 1 aromatic rings. The third-order valence-electron chi connectivity index (χ3n) is 3.97. The Kier molecular flexibility index (Phi) is 4.26. The van der Waals surface area contributed by atoms with E-state index in [2.05, 4.69) is 0 Å². The molecule has 0 spiro atoms. The zero-order valence-electron chi connectivity index (χ0n) is 10.9. The van der Waals surface area contributed by atoms with Crippen LogP contribution in [0.4, 0.5) is 4.39 Å². The summed E-state index contributed by atoms with van der Waals surface area (Å²) in [4.78, 5) is -0.0340. The highest BCUT2D eigenvalue weighted by Gasteiger charge is 2.38. The second kappa shape index (κ2) is 5.59. The SMILES string of the molecule is CCC1CCC(O)C(S(=O)(=O)c2cccc(F)c2)C1. The average Bonchev–Trinajstić information content (AvgIpc) is 2.39. The molecule has 3 nitrogen and oxygen atoms in total. The molecular weight excluding hydrogens is 267 g/mol. The Bertz CT molecular complexity index is 541. The lowest BCUT2D eigenvalue weighted by Crippen LogP contribution is -2.39. The van der Waals surface area contributed by atoms with Gasteiger partial charge in [0.1, 0.15) is 5.82 Å². The third kappa shape index (κ3) is 2.98. The normalized spacial score (nSPS) is 28.3.